The zero-order valence-electron chi connectivity index (χ0n) is 9.73. The Hall–Kier alpha value is -0.790. The van der Waals surface area contributed by atoms with Crippen molar-refractivity contribution < 1.29 is 12.8 Å². The van der Waals surface area contributed by atoms with Crippen LogP contribution in [0.25, 0.3) is 0 Å². The van der Waals surface area contributed by atoms with Gasteiger partial charge in [0.2, 0.25) is 10.0 Å². The lowest BCUT2D eigenvalue weighted by Crippen LogP contribution is -2.38. The van der Waals surface area contributed by atoms with Crippen LogP contribution in [0.4, 0.5) is 10.1 Å². The summed E-state index contributed by atoms with van der Waals surface area (Å²) >= 11 is 1.70. The quantitative estimate of drug-likeness (QED) is 0.829. The van der Waals surface area contributed by atoms with E-state index >= 15 is 0 Å². The van der Waals surface area contributed by atoms with Crippen LogP contribution in [0.3, 0.4) is 0 Å². The summed E-state index contributed by atoms with van der Waals surface area (Å²) < 4.78 is 40.3. The summed E-state index contributed by atoms with van der Waals surface area (Å²) in [7, 11) is -3.88. The van der Waals surface area contributed by atoms with Crippen molar-refractivity contribution in [2.75, 3.05) is 17.2 Å². The molecule has 2 rings (SSSR count). The van der Waals surface area contributed by atoms with Gasteiger partial charge < -0.3 is 5.73 Å². The maximum atomic E-state index is 13.6. The summed E-state index contributed by atoms with van der Waals surface area (Å²) in [6.07, 6.45) is 1.74. The minimum absolute atomic E-state index is 0.0639. The van der Waals surface area contributed by atoms with E-state index in [1.54, 1.807) is 11.8 Å². The highest BCUT2D eigenvalue weighted by Crippen LogP contribution is 2.24. The van der Waals surface area contributed by atoms with Crippen molar-refractivity contribution >= 4 is 27.5 Å². The fraction of sp³-hybridized carbons (Fsp3) is 0.455. The molecule has 1 atom stereocenters. The average Bonchev–Trinajstić information content (AvgIpc) is 2.28. The molecule has 1 aromatic rings. The number of benzene rings is 1. The van der Waals surface area contributed by atoms with E-state index in [-0.39, 0.29) is 11.7 Å². The van der Waals surface area contributed by atoms with Crippen molar-refractivity contribution in [3.8, 4) is 0 Å². The lowest BCUT2D eigenvalue weighted by molar-refractivity contribution is 0.531. The molecule has 1 unspecified atom stereocenters. The number of nitrogen functional groups attached to an aromatic ring is 1. The number of hydrogen-bond donors (Lipinski definition) is 2. The smallest absolute Gasteiger partial charge is 0.245 e. The first-order valence-corrected chi connectivity index (χ1v) is 8.28. The molecule has 4 nitrogen and oxygen atoms in total. The van der Waals surface area contributed by atoms with Gasteiger partial charge in [0, 0.05) is 11.8 Å². The third-order valence-electron chi connectivity index (χ3n) is 2.75. The Morgan fingerprint density at radius 1 is 1.44 bits per heavy atom. The number of thioether (sulfide) groups is 1. The van der Waals surface area contributed by atoms with Crippen LogP contribution in [0.1, 0.15) is 12.8 Å². The minimum Gasteiger partial charge on any atom is -0.398 e. The van der Waals surface area contributed by atoms with Gasteiger partial charge in [-0.1, -0.05) is 6.07 Å². The topological polar surface area (TPSA) is 72.2 Å². The Morgan fingerprint density at radius 3 is 2.83 bits per heavy atom. The number of halogens is 1. The standard InChI is InChI=1S/C11H15FN2O2S2/c12-9-4-1-5-10(13)11(9)18(15,16)14-8-3-2-6-17-7-8/h1,4-5,8,14H,2-3,6-7,13H2. The predicted octanol–water partition coefficient (Wildman–Crippen LogP) is 1.58. The molecule has 3 N–H and O–H groups in total. The fourth-order valence-electron chi connectivity index (χ4n) is 1.92. The Morgan fingerprint density at radius 2 is 2.22 bits per heavy atom. The first-order chi connectivity index (χ1) is 8.50. The number of nitrogens with two attached hydrogens (primary N) is 1. The molecule has 0 radical (unpaired) electrons. The van der Waals surface area contributed by atoms with Gasteiger partial charge in [-0.25, -0.2) is 17.5 Å². The van der Waals surface area contributed by atoms with E-state index in [4.69, 9.17) is 5.73 Å². The molecule has 0 amide bonds. The van der Waals surface area contributed by atoms with Gasteiger partial charge in [-0.2, -0.15) is 11.8 Å². The molecule has 18 heavy (non-hydrogen) atoms. The second-order valence-corrected chi connectivity index (χ2v) is 6.99. The van der Waals surface area contributed by atoms with Gasteiger partial charge >= 0.3 is 0 Å². The Balaban J connectivity index is 2.25. The van der Waals surface area contributed by atoms with Gasteiger partial charge in [0.1, 0.15) is 10.7 Å². The molecule has 7 heteroatoms. The predicted molar refractivity (Wildman–Crippen MR) is 71.5 cm³/mol. The summed E-state index contributed by atoms with van der Waals surface area (Å²) in [6.45, 7) is 0. The maximum Gasteiger partial charge on any atom is 0.245 e. The van der Waals surface area contributed by atoms with Gasteiger partial charge in [-0.3, -0.25) is 0 Å². The van der Waals surface area contributed by atoms with Crippen LogP contribution in [0.5, 0.6) is 0 Å². The molecule has 0 bridgehead atoms. The van der Waals surface area contributed by atoms with Crippen LogP contribution in [-0.2, 0) is 10.0 Å². The third-order valence-corrected chi connectivity index (χ3v) is 5.58. The Labute approximate surface area is 110 Å². The monoisotopic (exact) mass is 290 g/mol. The van der Waals surface area contributed by atoms with Crippen LogP contribution in [0.2, 0.25) is 0 Å². The van der Waals surface area contributed by atoms with Gasteiger partial charge in [0.15, 0.2) is 0 Å². The zero-order valence-corrected chi connectivity index (χ0v) is 11.4. The summed E-state index contributed by atoms with van der Waals surface area (Å²) in [4.78, 5) is -0.444. The van der Waals surface area contributed by atoms with E-state index in [9.17, 15) is 12.8 Å². The van der Waals surface area contributed by atoms with Crippen molar-refractivity contribution in [1.29, 1.82) is 0 Å². The molecule has 1 saturated heterocycles. The van der Waals surface area contributed by atoms with E-state index in [0.29, 0.717) is 5.75 Å². The molecule has 1 aliphatic rings. The van der Waals surface area contributed by atoms with Crippen molar-refractivity contribution in [3.05, 3.63) is 24.0 Å². The normalized spacial score (nSPS) is 20.8. The van der Waals surface area contributed by atoms with Crippen LogP contribution in [0, 0.1) is 5.82 Å². The molecule has 0 aliphatic carbocycles. The lowest BCUT2D eigenvalue weighted by atomic mass is 10.2. The molecule has 100 valence electrons. The number of hydrogen-bond acceptors (Lipinski definition) is 4. The molecule has 0 spiro atoms. The van der Waals surface area contributed by atoms with Gasteiger partial charge in [0.25, 0.3) is 0 Å². The van der Waals surface area contributed by atoms with Crippen molar-refractivity contribution in [1.82, 2.24) is 4.72 Å². The maximum absolute atomic E-state index is 13.6. The highest BCUT2D eigenvalue weighted by atomic mass is 32.2. The summed E-state index contributed by atoms with van der Waals surface area (Å²) in [6, 6.07) is 3.72. The first-order valence-electron chi connectivity index (χ1n) is 5.65. The number of anilines is 1. The highest BCUT2D eigenvalue weighted by molar-refractivity contribution is 7.99. The van der Waals surface area contributed by atoms with Crippen molar-refractivity contribution in [2.45, 2.75) is 23.8 Å². The zero-order chi connectivity index (χ0) is 13.2. The SMILES string of the molecule is Nc1cccc(F)c1S(=O)(=O)NC1CCCSC1. The number of nitrogens with one attached hydrogen (secondary N) is 1. The van der Waals surface area contributed by atoms with Crippen LogP contribution in [-0.4, -0.2) is 26.0 Å². The second kappa shape index (κ2) is 5.46. The number of sulfonamides is 1. The molecule has 1 heterocycles. The summed E-state index contributed by atoms with van der Waals surface area (Å²) in [5, 5.41) is 0. The lowest BCUT2D eigenvalue weighted by Gasteiger charge is -2.22. The van der Waals surface area contributed by atoms with Gasteiger partial charge in [-0.15, -0.1) is 0 Å². The van der Waals surface area contributed by atoms with E-state index in [1.165, 1.54) is 12.1 Å². The van der Waals surface area contributed by atoms with Crippen molar-refractivity contribution in [2.24, 2.45) is 0 Å². The van der Waals surface area contributed by atoms with E-state index < -0.39 is 20.7 Å². The first kappa shape index (κ1) is 13.6. The summed E-state index contributed by atoms with van der Waals surface area (Å²) in [5.41, 5.74) is 5.48. The van der Waals surface area contributed by atoms with E-state index in [1.807, 2.05) is 0 Å². The molecule has 1 aromatic carbocycles. The largest absolute Gasteiger partial charge is 0.398 e. The minimum atomic E-state index is -3.88. The summed E-state index contributed by atoms with van der Waals surface area (Å²) in [5.74, 6) is 0.944. The highest BCUT2D eigenvalue weighted by Gasteiger charge is 2.26. The van der Waals surface area contributed by atoms with Crippen LogP contribution >= 0.6 is 11.8 Å². The molecular weight excluding hydrogens is 275 g/mol. The van der Waals surface area contributed by atoms with Crippen LogP contribution < -0.4 is 10.5 Å². The molecule has 0 saturated carbocycles. The van der Waals surface area contributed by atoms with E-state index in [0.717, 1.165) is 24.7 Å². The van der Waals surface area contributed by atoms with E-state index in [2.05, 4.69) is 4.72 Å². The fourth-order valence-corrected chi connectivity index (χ4v) is 4.56. The third kappa shape index (κ3) is 2.96. The second-order valence-electron chi connectivity index (χ2n) is 4.19. The molecule has 0 aromatic heterocycles. The molecule has 1 fully saturated rings. The average molecular weight is 290 g/mol. The Kier molecular flexibility index (Phi) is 4.14. The number of rotatable bonds is 3. The van der Waals surface area contributed by atoms with Crippen molar-refractivity contribution in [3.63, 3.8) is 0 Å². The van der Waals surface area contributed by atoms with Gasteiger partial charge in [0.05, 0.1) is 5.69 Å². The molecular formula is C11H15FN2O2S2. The van der Waals surface area contributed by atoms with Gasteiger partial charge in [-0.05, 0) is 30.7 Å². The Bertz CT molecular complexity index is 508. The van der Waals surface area contributed by atoms with Crippen LogP contribution in [0.15, 0.2) is 23.1 Å². The molecule has 1 aliphatic heterocycles.